The van der Waals surface area contributed by atoms with Crippen molar-refractivity contribution in [3.8, 4) is 0 Å². The molecule has 0 spiro atoms. The van der Waals surface area contributed by atoms with E-state index in [2.05, 4.69) is 15.6 Å². The van der Waals surface area contributed by atoms with Crippen molar-refractivity contribution in [3.63, 3.8) is 0 Å². The van der Waals surface area contributed by atoms with Gasteiger partial charge in [-0.1, -0.05) is 18.2 Å². The van der Waals surface area contributed by atoms with Crippen LogP contribution in [0.1, 0.15) is 0 Å². The molecule has 0 amide bonds. The molecular weight excluding hydrogens is 220 g/mol. The van der Waals surface area contributed by atoms with E-state index in [0.29, 0.717) is 19.2 Å². The van der Waals surface area contributed by atoms with Crippen LogP contribution in [0.25, 0.3) is 0 Å². The van der Waals surface area contributed by atoms with Crippen LogP contribution in [0.5, 0.6) is 0 Å². The molecule has 0 unspecified atom stereocenters. The second kappa shape index (κ2) is 5.06. The van der Waals surface area contributed by atoms with Crippen LogP contribution in [0.3, 0.4) is 0 Å². The average Bonchev–Trinajstić information content (AvgIpc) is 2.78. The normalized spacial score (nSPS) is 13.9. The third-order valence-electron chi connectivity index (χ3n) is 2.08. The SMILES string of the molecule is NC(N)=NNCC1=NN(c2ccccc2)CO1. The number of anilines is 1. The summed E-state index contributed by atoms with van der Waals surface area (Å²) < 4.78 is 5.36. The molecule has 5 N–H and O–H groups in total. The van der Waals surface area contributed by atoms with Crippen LogP contribution in [0, 0.1) is 0 Å². The molecule has 0 bridgehead atoms. The van der Waals surface area contributed by atoms with Crippen LogP contribution in [-0.4, -0.2) is 25.1 Å². The molecule has 17 heavy (non-hydrogen) atoms. The van der Waals surface area contributed by atoms with Gasteiger partial charge in [0.15, 0.2) is 6.73 Å². The van der Waals surface area contributed by atoms with Gasteiger partial charge in [-0.05, 0) is 12.1 Å². The molecule has 0 saturated carbocycles. The first-order valence-corrected chi connectivity index (χ1v) is 5.10. The van der Waals surface area contributed by atoms with Crippen molar-refractivity contribution in [2.75, 3.05) is 18.3 Å². The lowest BCUT2D eigenvalue weighted by molar-refractivity contribution is 0.329. The molecule has 0 saturated heterocycles. The largest absolute Gasteiger partial charge is 0.455 e. The van der Waals surface area contributed by atoms with Gasteiger partial charge in [0.25, 0.3) is 0 Å². The fourth-order valence-electron chi connectivity index (χ4n) is 1.35. The van der Waals surface area contributed by atoms with Gasteiger partial charge in [-0.3, -0.25) is 5.43 Å². The van der Waals surface area contributed by atoms with Gasteiger partial charge in [-0.25, -0.2) is 5.01 Å². The predicted molar refractivity (Wildman–Crippen MR) is 66.1 cm³/mol. The van der Waals surface area contributed by atoms with Gasteiger partial charge in [-0.15, -0.1) is 10.2 Å². The van der Waals surface area contributed by atoms with E-state index in [4.69, 9.17) is 16.2 Å². The number of para-hydroxylation sites is 1. The van der Waals surface area contributed by atoms with Crippen LogP contribution in [0.15, 0.2) is 40.5 Å². The molecule has 7 heteroatoms. The van der Waals surface area contributed by atoms with Crippen molar-refractivity contribution in [2.45, 2.75) is 0 Å². The molecular formula is C10H14N6O. The first-order valence-electron chi connectivity index (χ1n) is 5.10. The van der Waals surface area contributed by atoms with E-state index in [0.717, 1.165) is 5.69 Å². The summed E-state index contributed by atoms with van der Waals surface area (Å²) in [5, 5.41) is 9.65. The second-order valence-electron chi connectivity index (χ2n) is 3.37. The second-order valence-corrected chi connectivity index (χ2v) is 3.37. The topological polar surface area (TPSA) is 101 Å². The number of hydrogen-bond acceptors (Lipinski definition) is 5. The molecule has 90 valence electrons. The highest BCUT2D eigenvalue weighted by atomic mass is 16.5. The first kappa shape index (κ1) is 11.1. The zero-order chi connectivity index (χ0) is 12.1. The molecule has 1 aromatic carbocycles. The molecule has 0 fully saturated rings. The highest BCUT2D eigenvalue weighted by molar-refractivity contribution is 5.81. The van der Waals surface area contributed by atoms with E-state index in [-0.39, 0.29) is 5.96 Å². The fraction of sp³-hybridized carbons (Fsp3) is 0.200. The molecule has 1 aliphatic heterocycles. The van der Waals surface area contributed by atoms with Crippen molar-refractivity contribution in [1.82, 2.24) is 5.43 Å². The minimum atomic E-state index is -0.0245. The zero-order valence-electron chi connectivity index (χ0n) is 9.21. The molecule has 1 aliphatic rings. The minimum absolute atomic E-state index is 0.0245. The number of guanidine groups is 1. The van der Waals surface area contributed by atoms with E-state index in [1.54, 1.807) is 5.01 Å². The van der Waals surface area contributed by atoms with Crippen LogP contribution in [-0.2, 0) is 4.74 Å². The Morgan fingerprint density at radius 1 is 1.41 bits per heavy atom. The van der Waals surface area contributed by atoms with Gasteiger partial charge in [0.2, 0.25) is 11.9 Å². The van der Waals surface area contributed by atoms with Crippen molar-refractivity contribution in [3.05, 3.63) is 30.3 Å². The van der Waals surface area contributed by atoms with Crippen LogP contribution < -0.4 is 21.9 Å². The number of benzene rings is 1. The maximum atomic E-state index is 5.36. The smallest absolute Gasteiger partial charge is 0.229 e. The Bertz CT molecular complexity index is 426. The molecule has 0 aliphatic carbocycles. The molecule has 2 rings (SSSR count). The van der Waals surface area contributed by atoms with Gasteiger partial charge in [-0.2, -0.15) is 0 Å². The Balaban J connectivity index is 1.93. The first-order chi connectivity index (χ1) is 8.25. The van der Waals surface area contributed by atoms with E-state index in [1.165, 1.54) is 0 Å². The monoisotopic (exact) mass is 234 g/mol. The van der Waals surface area contributed by atoms with E-state index in [1.807, 2.05) is 30.3 Å². The van der Waals surface area contributed by atoms with Crippen molar-refractivity contribution in [2.24, 2.45) is 21.7 Å². The van der Waals surface area contributed by atoms with Crippen molar-refractivity contribution in [1.29, 1.82) is 0 Å². The number of hydrazone groups is 2. The van der Waals surface area contributed by atoms with E-state index in [9.17, 15) is 0 Å². The van der Waals surface area contributed by atoms with Gasteiger partial charge in [0, 0.05) is 0 Å². The third kappa shape index (κ3) is 3.00. The Hall–Kier alpha value is -2.44. The maximum absolute atomic E-state index is 5.36. The molecule has 1 aromatic rings. The van der Waals surface area contributed by atoms with Gasteiger partial charge in [0.1, 0.15) is 6.54 Å². The number of nitrogens with one attached hydrogen (secondary N) is 1. The predicted octanol–water partition coefficient (Wildman–Crippen LogP) is -0.428. The summed E-state index contributed by atoms with van der Waals surface area (Å²) in [4.78, 5) is 0. The van der Waals surface area contributed by atoms with E-state index >= 15 is 0 Å². The molecule has 0 atom stereocenters. The number of ether oxygens (including phenoxy) is 1. The Labute approximate surface area is 98.7 Å². The lowest BCUT2D eigenvalue weighted by Gasteiger charge is -2.09. The lowest BCUT2D eigenvalue weighted by atomic mass is 10.3. The Kier molecular flexibility index (Phi) is 3.29. The summed E-state index contributed by atoms with van der Waals surface area (Å²) in [5.74, 6) is 0.516. The third-order valence-corrected chi connectivity index (χ3v) is 2.08. The van der Waals surface area contributed by atoms with Crippen molar-refractivity contribution >= 4 is 17.5 Å². The van der Waals surface area contributed by atoms with Crippen LogP contribution >= 0.6 is 0 Å². The Morgan fingerprint density at radius 3 is 2.88 bits per heavy atom. The summed E-state index contributed by atoms with van der Waals surface area (Å²) in [5.41, 5.74) is 14.0. The number of hydrogen-bond donors (Lipinski definition) is 3. The van der Waals surface area contributed by atoms with Crippen LogP contribution in [0.4, 0.5) is 5.69 Å². The highest BCUT2D eigenvalue weighted by Gasteiger charge is 2.15. The molecule has 0 aromatic heterocycles. The molecule has 7 nitrogen and oxygen atoms in total. The quantitative estimate of drug-likeness (QED) is 0.373. The highest BCUT2D eigenvalue weighted by Crippen LogP contribution is 2.16. The average molecular weight is 234 g/mol. The van der Waals surface area contributed by atoms with Gasteiger partial charge >= 0.3 is 0 Å². The lowest BCUT2D eigenvalue weighted by Crippen LogP contribution is -2.28. The Morgan fingerprint density at radius 2 is 2.18 bits per heavy atom. The van der Waals surface area contributed by atoms with Crippen LogP contribution in [0.2, 0.25) is 0 Å². The molecule has 1 heterocycles. The van der Waals surface area contributed by atoms with E-state index < -0.39 is 0 Å². The standard InChI is InChI=1S/C10H14N6O/c11-10(12)14-13-6-9-15-16(7-17-9)8-4-2-1-3-5-8/h1-5,13H,6-7H2,(H4,11,12,14). The minimum Gasteiger partial charge on any atom is -0.455 e. The fourth-order valence-corrected chi connectivity index (χ4v) is 1.35. The summed E-state index contributed by atoms with van der Waals surface area (Å²) in [7, 11) is 0. The number of rotatable bonds is 4. The summed E-state index contributed by atoms with van der Waals surface area (Å²) in [6, 6.07) is 9.75. The van der Waals surface area contributed by atoms with Gasteiger partial charge < -0.3 is 16.2 Å². The zero-order valence-corrected chi connectivity index (χ0v) is 9.21. The van der Waals surface area contributed by atoms with Crippen molar-refractivity contribution < 1.29 is 4.74 Å². The summed E-state index contributed by atoms with van der Waals surface area (Å²) in [6.45, 7) is 0.740. The maximum Gasteiger partial charge on any atom is 0.229 e. The summed E-state index contributed by atoms with van der Waals surface area (Å²) >= 11 is 0. The van der Waals surface area contributed by atoms with Gasteiger partial charge in [0.05, 0.1) is 5.69 Å². The number of nitrogens with zero attached hydrogens (tertiary/aromatic N) is 3. The number of nitrogens with two attached hydrogens (primary N) is 2. The molecule has 0 radical (unpaired) electrons. The summed E-state index contributed by atoms with van der Waals surface area (Å²) in [6.07, 6.45) is 0.